The third-order valence-electron chi connectivity index (χ3n) is 3.75. The lowest BCUT2D eigenvalue weighted by molar-refractivity contribution is 0.199. The predicted molar refractivity (Wildman–Crippen MR) is 79.4 cm³/mol. The van der Waals surface area contributed by atoms with Gasteiger partial charge in [0.1, 0.15) is 5.75 Å². The number of hydrogen-bond acceptors (Lipinski definition) is 4. The molecule has 0 amide bonds. The van der Waals surface area contributed by atoms with Gasteiger partial charge in [0.2, 0.25) is 0 Å². The highest BCUT2D eigenvalue weighted by Crippen LogP contribution is 2.26. The van der Waals surface area contributed by atoms with Crippen molar-refractivity contribution in [3.8, 4) is 5.75 Å². The number of ether oxygens (including phenoxy) is 1. The van der Waals surface area contributed by atoms with Gasteiger partial charge in [-0.2, -0.15) is 0 Å². The number of rotatable bonds is 5. The van der Waals surface area contributed by atoms with E-state index in [-0.39, 0.29) is 0 Å². The Morgan fingerprint density at radius 3 is 2.89 bits per heavy atom. The number of nitrogens with zero attached hydrogens (tertiary/aromatic N) is 2. The monoisotopic (exact) mass is 263 g/mol. The Balaban J connectivity index is 2.09. The molecule has 0 aliphatic carbocycles. The van der Waals surface area contributed by atoms with Crippen molar-refractivity contribution in [2.24, 2.45) is 0 Å². The van der Waals surface area contributed by atoms with Crippen molar-refractivity contribution in [2.45, 2.75) is 25.4 Å². The summed E-state index contributed by atoms with van der Waals surface area (Å²) in [7, 11) is 5.99. The van der Waals surface area contributed by atoms with Crippen LogP contribution in [0.15, 0.2) is 18.2 Å². The Labute approximate surface area is 116 Å². The Morgan fingerprint density at radius 1 is 1.42 bits per heavy atom. The standard InChI is InChI=1S/C15H25N3O/c1-17(2)11-14-5-4-8-18(14)10-12-9-13(16)6-7-15(12)19-3/h6-7,9,14H,4-5,8,10-11,16H2,1-3H3. The summed E-state index contributed by atoms with van der Waals surface area (Å²) in [5, 5.41) is 0. The first-order valence-electron chi connectivity index (χ1n) is 6.91. The summed E-state index contributed by atoms with van der Waals surface area (Å²) in [6.45, 7) is 3.20. The van der Waals surface area contributed by atoms with Crippen LogP contribution in [-0.4, -0.2) is 50.1 Å². The zero-order valence-electron chi connectivity index (χ0n) is 12.2. The molecule has 2 rings (SSSR count). The van der Waals surface area contributed by atoms with Gasteiger partial charge in [-0.05, 0) is 51.7 Å². The number of anilines is 1. The fourth-order valence-electron chi connectivity index (χ4n) is 2.87. The third-order valence-corrected chi connectivity index (χ3v) is 3.75. The summed E-state index contributed by atoms with van der Waals surface area (Å²) in [5.74, 6) is 0.935. The number of hydrogen-bond donors (Lipinski definition) is 1. The largest absolute Gasteiger partial charge is 0.496 e. The molecule has 1 aliphatic heterocycles. The van der Waals surface area contributed by atoms with Crippen molar-refractivity contribution in [1.82, 2.24) is 9.80 Å². The Bertz CT molecular complexity index is 420. The lowest BCUT2D eigenvalue weighted by Crippen LogP contribution is -2.37. The molecular weight excluding hydrogens is 238 g/mol. The average Bonchev–Trinajstić information content (AvgIpc) is 2.76. The van der Waals surface area contributed by atoms with E-state index in [0.29, 0.717) is 6.04 Å². The smallest absolute Gasteiger partial charge is 0.123 e. The van der Waals surface area contributed by atoms with E-state index in [1.54, 1.807) is 7.11 Å². The summed E-state index contributed by atoms with van der Waals surface area (Å²) in [5.41, 5.74) is 7.88. The molecule has 4 nitrogen and oxygen atoms in total. The summed E-state index contributed by atoms with van der Waals surface area (Å²) >= 11 is 0. The second-order valence-corrected chi connectivity index (χ2v) is 5.60. The van der Waals surface area contributed by atoms with Gasteiger partial charge in [-0.3, -0.25) is 4.90 Å². The van der Waals surface area contributed by atoms with Crippen LogP contribution in [-0.2, 0) is 6.54 Å². The average molecular weight is 263 g/mol. The first-order chi connectivity index (χ1) is 9.10. The molecule has 0 bridgehead atoms. The van der Waals surface area contributed by atoms with E-state index < -0.39 is 0 Å². The topological polar surface area (TPSA) is 41.7 Å². The van der Waals surface area contributed by atoms with Gasteiger partial charge in [0, 0.05) is 30.4 Å². The fraction of sp³-hybridized carbons (Fsp3) is 0.600. The second kappa shape index (κ2) is 6.26. The van der Waals surface area contributed by atoms with Crippen LogP contribution in [0.4, 0.5) is 5.69 Å². The van der Waals surface area contributed by atoms with E-state index in [9.17, 15) is 0 Å². The quantitative estimate of drug-likeness (QED) is 0.823. The third kappa shape index (κ3) is 3.61. The molecule has 2 N–H and O–H groups in total. The van der Waals surface area contributed by atoms with E-state index in [1.807, 2.05) is 18.2 Å². The summed E-state index contributed by atoms with van der Waals surface area (Å²) in [6.07, 6.45) is 2.56. The Kier molecular flexibility index (Phi) is 4.66. The molecule has 1 unspecified atom stereocenters. The first-order valence-corrected chi connectivity index (χ1v) is 6.91. The first kappa shape index (κ1) is 14.2. The lowest BCUT2D eigenvalue weighted by atomic mass is 10.1. The van der Waals surface area contributed by atoms with Crippen LogP contribution in [0.25, 0.3) is 0 Å². The van der Waals surface area contributed by atoms with Gasteiger partial charge in [-0.15, -0.1) is 0 Å². The molecule has 1 aliphatic rings. The Hall–Kier alpha value is -1.26. The number of benzene rings is 1. The normalized spacial score (nSPS) is 20.1. The van der Waals surface area contributed by atoms with E-state index in [2.05, 4.69) is 23.9 Å². The molecule has 1 atom stereocenters. The minimum absolute atomic E-state index is 0.640. The predicted octanol–water partition coefficient (Wildman–Crippen LogP) is 1.80. The highest BCUT2D eigenvalue weighted by Gasteiger charge is 2.25. The zero-order chi connectivity index (χ0) is 13.8. The van der Waals surface area contributed by atoms with Crippen molar-refractivity contribution in [3.63, 3.8) is 0 Å². The second-order valence-electron chi connectivity index (χ2n) is 5.60. The van der Waals surface area contributed by atoms with Crippen LogP contribution in [0.2, 0.25) is 0 Å². The van der Waals surface area contributed by atoms with Crippen molar-refractivity contribution < 1.29 is 4.74 Å². The number of nitrogen functional groups attached to an aromatic ring is 1. The van der Waals surface area contributed by atoms with Crippen molar-refractivity contribution in [3.05, 3.63) is 23.8 Å². The van der Waals surface area contributed by atoms with Crippen LogP contribution in [0.3, 0.4) is 0 Å². The summed E-state index contributed by atoms with van der Waals surface area (Å²) < 4.78 is 5.43. The van der Waals surface area contributed by atoms with Crippen LogP contribution in [0.1, 0.15) is 18.4 Å². The molecule has 0 aromatic heterocycles. The van der Waals surface area contributed by atoms with Crippen molar-refractivity contribution in [2.75, 3.05) is 40.0 Å². The van der Waals surface area contributed by atoms with Gasteiger partial charge >= 0.3 is 0 Å². The van der Waals surface area contributed by atoms with E-state index in [0.717, 1.165) is 31.1 Å². The maximum atomic E-state index is 5.89. The molecule has 0 radical (unpaired) electrons. The van der Waals surface area contributed by atoms with Gasteiger partial charge in [0.05, 0.1) is 7.11 Å². The fourth-order valence-corrected chi connectivity index (χ4v) is 2.87. The number of methoxy groups -OCH3 is 1. The molecule has 19 heavy (non-hydrogen) atoms. The minimum Gasteiger partial charge on any atom is -0.496 e. The number of nitrogens with two attached hydrogens (primary N) is 1. The summed E-state index contributed by atoms with van der Waals surface area (Å²) in [6, 6.07) is 6.52. The maximum Gasteiger partial charge on any atom is 0.123 e. The lowest BCUT2D eigenvalue weighted by Gasteiger charge is -2.27. The molecule has 1 aromatic carbocycles. The highest BCUT2D eigenvalue weighted by atomic mass is 16.5. The van der Waals surface area contributed by atoms with Crippen LogP contribution in [0.5, 0.6) is 5.75 Å². The molecule has 1 heterocycles. The van der Waals surface area contributed by atoms with E-state index in [4.69, 9.17) is 10.5 Å². The zero-order valence-corrected chi connectivity index (χ0v) is 12.2. The molecule has 1 saturated heterocycles. The number of likely N-dealkylation sites (tertiary alicyclic amines) is 1. The van der Waals surface area contributed by atoms with Gasteiger partial charge in [-0.25, -0.2) is 0 Å². The van der Waals surface area contributed by atoms with Crippen LogP contribution < -0.4 is 10.5 Å². The number of likely N-dealkylation sites (N-methyl/N-ethyl adjacent to an activating group) is 1. The van der Waals surface area contributed by atoms with Gasteiger partial charge in [0.25, 0.3) is 0 Å². The Morgan fingerprint density at radius 2 is 2.21 bits per heavy atom. The van der Waals surface area contributed by atoms with Crippen LogP contribution in [0, 0.1) is 0 Å². The van der Waals surface area contributed by atoms with Crippen molar-refractivity contribution >= 4 is 5.69 Å². The molecular formula is C15H25N3O. The molecule has 4 heteroatoms. The molecule has 0 saturated carbocycles. The minimum atomic E-state index is 0.640. The molecule has 1 fully saturated rings. The highest BCUT2D eigenvalue weighted by molar-refractivity contribution is 5.47. The maximum absolute atomic E-state index is 5.89. The van der Waals surface area contributed by atoms with Crippen LogP contribution >= 0.6 is 0 Å². The summed E-state index contributed by atoms with van der Waals surface area (Å²) in [4.78, 5) is 4.80. The van der Waals surface area contributed by atoms with E-state index in [1.165, 1.54) is 18.4 Å². The van der Waals surface area contributed by atoms with Gasteiger partial charge in [0.15, 0.2) is 0 Å². The van der Waals surface area contributed by atoms with E-state index >= 15 is 0 Å². The van der Waals surface area contributed by atoms with Gasteiger partial charge < -0.3 is 15.4 Å². The molecule has 1 aromatic rings. The molecule has 106 valence electrons. The SMILES string of the molecule is COc1ccc(N)cc1CN1CCCC1CN(C)C. The van der Waals surface area contributed by atoms with Gasteiger partial charge in [-0.1, -0.05) is 0 Å². The molecule has 0 spiro atoms. The van der Waals surface area contributed by atoms with Crippen molar-refractivity contribution in [1.29, 1.82) is 0 Å².